The van der Waals surface area contributed by atoms with Crippen LogP contribution in [0.1, 0.15) is 41.0 Å². The van der Waals surface area contributed by atoms with Crippen molar-refractivity contribution in [3.63, 3.8) is 0 Å². The molecule has 35 heavy (non-hydrogen) atoms. The van der Waals surface area contributed by atoms with Crippen LogP contribution in [0.15, 0.2) is 28.4 Å². The van der Waals surface area contributed by atoms with E-state index in [1.807, 2.05) is 0 Å². The highest BCUT2D eigenvalue weighted by Gasteiger charge is 2.27. The van der Waals surface area contributed by atoms with Crippen molar-refractivity contribution in [2.24, 2.45) is 11.8 Å². The number of carbonyl (C=O) groups is 1. The largest absolute Gasteiger partial charge is 0.376 e. The van der Waals surface area contributed by atoms with E-state index in [-0.39, 0.29) is 35.7 Å². The second-order valence-electron chi connectivity index (χ2n) is 8.94. The number of halogens is 2. The Morgan fingerprint density at radius 2 is 2.11 bits per heavy atom. The van der Waals surface area contributed by atoms with Gasteiger partial charge in [0.15, 0.2) is 0 Å². The number of fused-ring (bicyclic) bond motifs is 1. The van der Waals surface area contributed by atoms with Crippen LogP contribution in [0.25, 0.3) is 10.2 Å². The molecule has 1 aliphatic carbocycles. The van der Waals surface area contributed by atoms with Gasteiger partial charge >= 0.3 is 0 Å². The van der Waals surface area contributed by atoms with Crippen LogP contribution in [0.2, 0.25) is 5.02 Å². The fourth-order valence-corrected chi connectivity index (χ4v) is 6.67. The highest BCUT2D eigenvalue weighted by molar-refractivity contribution is 7.90. The minimum atomic E-state index is -2.98. The molecule has 2 unspecified atom stereocenters. The van der Waals surface area contributed by atoms with Crippen LogP contribution in [0.5, 0.6) is 0 Å². The Balaban J connectivity index is 1.35. The number of H-pyrrole nitrogens is 1. The molecular formula is C23H25ClFN3O5S2. The molecule has 3 aromatic rings. The number of hydrogen-bond donors (Lipinski definition) is 2. The van der Waals surface area contributed by atoms with Crippen LogP contribution >= 0.6 is 22.9 Å². The summed E-state index contributed by atoms with van der Waals surface area (Å²) in [4.78, 5) is 32.4. The molecule has 1 aromatic carbocycles. The number of ether oxygens (including phenoxy) is 1. The van der Waals surface area contributed by atoms with Gasteiger partial charge in [-0.3, -0.25) is 9.59 Å². The number of benzene rings is 1. The summed E-state index contributed by atoms with van der Waals surface area (Å²) in [6, 6.07) is 4.13. The standard InChI is InChI=1S/C23H25ClFN3O5S2/c1-35(31,32)12-15-3-2-14(6-15)9-33-10-16-11-34-23-19(16)21(29)27-20(28-23)22(30)26-8-13-4-5-18(25)17(24)7-13/h4-5,7,11,14-15H,2-3,6,8-10,12H2,1H3,(H,26,30)(H,27,28,29). The molecule has 1 saturated carbocycles. The Bertz CT molecular complexity index is 1410. The highest BCUT2D eigenvalue weighted by Crippen LogP contribution is 2.32. The van der Waals surface area contributed by atoms with E-state index in [1.165, 1.54) is 35.8 Å². The first-order valence-corrected chi connectivity index (χ1v) is 14.4. The molecule has 188 valence electrons. The Morgan fingerprint density at radius 3 is 2.86 bits per heavy atom. The number of aromatic amines is 1. The zero-order chi connectivity index (χ0) is 25.2. The lowest BCUT2D eigenvalue weighted by Gasteiger charge is -2.11. The number of nitrogens with zero attached hydrogens (tertiary/aromatic N) is 1. The topological polar surface area (TPSA) is 118 Å². The molecular weight excluding hydrogens is 517 g/mol. The van der Waals surface area contributed by atoms with Gasteiger partial charge in [0.05, 0.1) is 22.8 Å². The van der Waals surface area contributed by atoms with Gasteiger partial charge in [-0.2, -0.15) is 0 Å². The smallest absolute Gasteiger partial charge is 0.287 e. The maximum absolute atomic E-state index is 13.3. The van der Waals surface area contributed by atoms with E-state index in [4.69, 9.17) is 16.3 Å². The van der Waals surface area contributed by atoms with E-state index in [0.717, 1.165) is 19.3 Å². The number of amides is 1. The maximum Gasteiger partial charge on any atom is 0.287 e. The van der Waals surface area contributed by atoms with Gasteiger partial charge in [0.25, 0.3) is 11.5 Å². The first-order chi connectivity index (χ1) is 16.6. The minimum absolute atomic E-state index is 0.0420. The van der Waals surface area contributed by atoms with Crippen molar-refractivity contribution in [3.05, 3.63) is 61.7 Å². The summed E-state index contributed by atoms with van der Waals surface area (Å²) in [5, 5.41) is 4.77. The van der Waals surface area contributed by atoms with Gasteiger partial charge in [-0.25, -0.2) is 17.8 Å². The van der Waals surface area contributed by atoms with Crippen molar-refractivity contribution >= 4 is 48.9 Å². The highest BCUT2D eigenvalue weighted by atomic mass is 35.5. The molecule has 0 saturated heterocycles. The molecule has 1 aliphatic rings. The summed E-state index contributed by atoms with van der Waals surface area (Å²) in [7, 11) is -2.98. The average molecular weight is 542 g/mol. The summed E-state index contributed by atoms with van der Waals surface area (Å²) < 4.78 is 42.1. The quantitative estimate of drug-likeness (QED) is 0.426. The lowest BCUT2D eigenvalue weighted by Crippen LogP contribution is -2.27. The Hall–Kier alpha value is -2.34. The average Bonchev–Trinajstić information content (AvgIpc) is 3.40. The molecule has 0 aliphatic heterocycles. The molecule has 0 bridgehead atoms. The van der Waals surface area contributed by atoms with E-state index < -0.39 is 27.1 Å². The fourth-order valence-electron chi connectivity index (χ4n) is 4.38. The summed E-state index contributed by atoms with van der Waals surface area (Å²) in [6.07, 6.45) is 3.89. The van der Waals surface area contributed by atoms with Crippen LogP contribution in [-0.4, -0.2) is 42.9 Å². The van der Waals surface area contributed by atoms with Crippen molar-refractivity contribution in [2.75, 3.05) is 18.6 Å². The van der Waals surface area contributed by atoms with Gasteiger partial charge in [-0.05, 0) is 54.2 Å². The second kappa shape index (κ2) is 10.7. The first kappa shape index (κ1) is 25.7. The number of nitrogens with one attached hydrogen (secondary N) is 2. The third kappa shape index (κ3) is 6.66. The molecule has 8 nitrogen and oxygen atoms in total. The van der Waals surface area contributed by atoms with Gasteiger partial charge in [-0.1, -0.05) is 17.7 Å². The van der Waals surface area contributed by atoms with Gasteiger partial charge in [-0.15, -0.1) is 11.3 Å². The number of carbonyl (C=O) groups excluding carboxylic acids is 1. The summed E-state index contributed by atoms with van der Waals surface area (Å²) in [6.45, 7) is 0.821. The number of rotatable bonds is 9. The summed E-state index contributed by atoms with van der Waals surface area (Å²) >= 11 is 7.01. The predicted octanol–water partition coefficient (Wildman–Crippen LogP) is 3.68. The Labute approximate surface area is 210 Å². The third-order valence-electron chi connectivity index (χ3n) is 5.97. The van der Waals surface area contributed by atoms with Crippen molar-refractivity contribution in [1.82, 2.24) is 15.3 Å². The number of sulfone groups is 1. The molecule has 1 fully saturated rings. The van der Waals surface area contributed by atoms with Crippen LogP contribution in [0, 0.1) is 17.7 Å². The van der Waals surface area contributed by atoms with E-state index in [2.05, 4.69) is 15.3 Å². The predicted molar refractivity (Wildman–Crippen MR) is 133 cm³/mol. The molecule has 12 heteroatoms. The van der Waals surface area contributed by atoms with E-state index >= 15 is 0 Å². The lowest BCUT2D eigenvalue weighted by molar-refractivity contribution is 0.0887. The van der Waals surface area contributed by atoms with Crippen LogP contribution in [0.3, 0.4) is 0 Å². The Kier molecular flexibility index (Phi) is 7.89. The van der Waals surface area contributed by atoms with Crippen molar-refractivity contribution in [3.8, 4) is 0 Å². The SMILES string of the molecule is CS(=O)(=O)CC1CCC(COCc2csc3nc(C(=O)NCc4ccc(F)c(Cl)c4)[nH]c(=O)c23)C1. The van der Waals surface area contributed by atoms with Crippen LogP contribution < -0.4 is 10.9 Å². The maximum atomic E-state index is 13.3. The van der Waals surface area contributed by atoms with Crippen molar-refractivity contribution in [2.45, 2.75) is 32.4 Å². The van der Waals surface area contributed by atoms with Gasteiger partial charge in [0.1, 0.15) is 20.5 Å². The van der Waals surface area contributed by atoms with Crippen LogP contribution in [0.4, 0.5) is 4.39 Å². The molecule has 0 radical (unpaired) electrons. The molecule has 2 aromatic heterocycles. The zero-order valence-electron chi connectivity index (χ0n) is 19.0. The van der Waals surface area contributed by atoms with E-state index in [1.54, 1.807) is 5.38 Å². The third-order valence-corrected chi connectivity index (χ3v) is 8.26. The summed E-state index contributed by atoms with van der Waals surface area (Å²) in [5.41, 5.74) is 0.866. The summed E-state index contributed by atoms with van der Waals surface area (Å²) in [5.74, 6) is -0.539. The van der Waals surface area contributed by atoms with Gasteiger partial charge in [0, 0.05) is 25.0 Å². The normalized spacial score (nSPS) is 18.3. The molecule has 2 N–H and O–H groups in total. The molecule has 1 amide bonds. The lowest BCUT2D eigenvalue weighted by atomic mass is 10.1. The fraction of sp³-hybridized carbons (Fsp3) is 0.435. The van der Waals surface area contributed by atoms with Crippen molar-refractivity contribution in [1.29, 1.82) is 0 Å². The molecule has 2 atom stereocenters. The van der Waals surface area contributed by atoms with E-state index in [0.29, 0.717) is 33.9 Å². The molecule has 4 rings (SSSR count). The van der Waals surface area contributed by atoms with Gasteiger partial charge < -0.3 is 15.0 Å². The molecule has 2 heterocycles. The second-order valence-corrected chi connectivity index (χ2v) is 12.4. The monoisotopic (exact) mass is 541 g/mol. The van der Waals surface area contributed by atoms with Crippen molar-refractivity contribution < 1.29 is 22.3 Å². The number of hydrogen-bond acceptors (Lipinski definition) is 7. The van der Waals surface area contributed by atoms with E-state index in [9.17, 15) is 22.4 Å². The van der Waals surface area contributed by atoms with Crippen LogP contribution in [-0.2, 0) is 27.7 Å². The number of thiophene rings is 1. The number of aromatic nitrogens is 2. The minimum Gasteiger partial charge on any atom is -0.376 e. The Morgan fingerprint density at radius 1 is 1.34 bits per heavy atom. The zero-order valence-corrected chi connectivity index (χ0v) is 21.4. The molecule has 0 spiro atoms. The van der Waals surface area contributed by atoms with Gasteiger partial charge in [0.2, 0.25) is 5.82 Å². The first-order valence-electron chi connectivity index (χ1n) is 11.1.